The third-order valence-corrected chi connectivity index (χ3v) is 3.02. The molecule has 0 amide bonds. The lowest BCUT2D eigenvalue weighted by Gasteiger charge is -2.28. The Morgan fingerprint density at radius 3 is 2.94 bits per heavy atom. The molecule has 2 atom stereocenters. The molecule has 5 heteroatoms. The molecule has 18 heavy (non-hydrogen) atoms. The minimum Gasteiger partial charge on any atom is -0.466 e. The molecule has 1 rings (SSSR count). The van der Waals surface area contributed by atoms with E-state index in [0.29, 0.717) is 13.2 Å². The maximum absolute atomic E-state index is 11.2. The van der Waals surface area contributed by atoms with Crippen molar-refractivity contribution in [2.45, 2.75) is 44.8 Å². The van der Waals surface area contributed by atoms with Gasteiger partial charge < -0.3 is 19.5 Å². The quantitative estimate of drug-likeness (QED) is 0.685. The third kappa shape index (κ3) is 6.33. The number of hydrogen-bond donors (Lipinski definition) is 1. The highest BCUT2D eigenvalue weighted by Gasteiger charge is 2.19. The molecule has 1 heterocycles. The monoisotopic (exact) mass is 259 g/mol. The molecule has 0 saturated carbocycles. The van der Waals surface area contributed by atoms with Crippen molar-refractivity contribution in [3.05, 3.63) is 0 Å². The molecule has 0 aromatic heterocycles. The smallest absolute Gasteiger partial charge is 0.308 e. The molecule has 1 aliphatic heterocycles. The lowest BCUT2D eigenvalue weighted by molar-refractivity contribution is -0.145. The van der Waals surface area contributed by atoms with Gasteiger partial charge in [0.05, 0.1) is 25.2 Å². The lowest BCUT2D eigenvalue weighted by atomic mass is 10.1. The predicted octanol–water partition coefficient (Wildman–Crippen LogP) is 0.801. The highest BCUT2D eigenvalue weighted by atomic mass is 16.5. The Bertz CT molecular complexity index is 241. The molecule has 106 valence electrons. The van der Waals surface area contributed by atoms with Gasteiger partial charge >= 0.3 is 5.97 Å². The first-order chi connectivity index (χ1) is 8.61. The number of nitrogens with zero attached hydrogens (tertiary/aromatic N) is 1. The summed E-state index contributed by atoms with van der Waals surface area (Å²) < 4.78 is 10.4. The van der Waals surface area contributed by atoms with E-state index >= 15 is 0 Å². The van der Waals surface area contributed by atoms with Crippen LogP contribution in [0, 0.1) is 0 Å². The van der Waals surface area contributed by atoms with Gasteiger partial charge in [0, 0.05) is 19.7 Å². The zero-order valence-electron chi connectivity index (χ0n) is 11.4. The summed E-state index contributed by atoms with van der Waals surface area (Å²) >= 11 is 0. The topological polar surface area (TPSA) is 59.0 Å². The molecule has 0 aliphatic carbocycles. The Kier molecular flexibility index (Phi) is 7.23. The molecule has 0 aromatic carbocycles. The SMILES string of the molecule is CCOC(=O)CC(O)CN(C)CC1CCCCO1. The maximum atomic E-state index is 11.2. The van der Waals surface area contributed by atoms with Crippen molar-refractivity contribution in [3.8, 4) is 0 Å². The van der Waals surface area contributed by atoms with Crippen LogP contribution in [0.2, 0.25) is 0 Å². The van der Waals surface area contributed by atoms with E-state index in [1.54, 1.807) is 6.92 Å². The molecule has 0 radical (unpaired) electrons. The second-order valence-corrected chi connectivity index (χ2v) is 4.87. The van der Waals surface area contributed by atoms with Crippen LogP contribution in [-0.2, 0) is 14.3 Å². The largest absolute Gasteiger partial charge is 0.466 e. The Balaban J connectivity index is 2.17. The molecule has 0 bridgehead atoms. The van der Waals surface area contributed by atoms with Crippen molar-refractivity contribution < 1.29 is 19.4 Å². The minimum atomic E-state index is -0.669. The summed E-state index contributed by atoms with van der Waals surface area (Å²) in [5, 5.41) is 9.76. The number of hydrogen-bond acceptors (Lipinski definition) is 5. The zero-order valence-corrected chi connectivity index (χ0v) is 11.4. The van der Waals surface area contributed by atoms with Gasteiger partial charge in [-0.25, -0.2) is 0 Å². The minimum absolute atomic E-state index is 0.0592. The summed E-state index contributed by atoms with van der Waals surface area (Å²) in [4.78, 5) is 13.2. The first kappa shape index (κ1) is 15.4. The Morgan fingerprint density at radius 2 is 2.33 bits per heavy atom. The fraction of sp³-hybridized carbons (Fsp3) is 0.923. The van der Waals surface area contributed by atoms with E-state index in [9.17, 15) is 9.90 Å². The van der Waals surface area contributed by atoms with Crippen LogP contribution in [0.1, 0.15) is 32.6 Å². The number of rotatable bonds is 7. The van der Waals surface area contributed by atoms with Crippen molar-refractivity contribution in [1.82, 2.24) is 4.90 Å². The van der Waals surface area contributed by atoms with Crippen LogP contribution in [0.15, 0.2) is 0 Å². The van der Waals surface area contributed by atoms with Crippen LogP contribution >= 0.6 is 0 Å². The predicted molar refractivity (Wildman–Crippen MR) is 68.3 cm³/mol. The number of likely N-dealkylation sites (N-methyl/N-ethyl adjacent to an activating group) is 1. The van der Waals surface area contributed by atoms with Crippen LogP contribution in [0.5, 0.6) is 0 Å². The van der Waals surface area contributed by atoms with E-state index in [2.05, 4.69) is 0 Å². The van der Waals surface area contributed by atoms with Gasteiger partial charge in [-0.1, -0.05) is 0 Å². The standard InChI is InChI=1S/C13H25NO4/c1-3-17-13(16)8-11(15)9-14(2)10-12-6-4-5-7-18-12/h11-12,15H,3-10H2,1-2H3. The highest BCUT2D eigenvalue weighted by molar-refractivity contribution is 5.69. The van der Waals surface area contributed by atoms with Gasteiger partial charge in [0.1, 0.15) is 0 Å². The number of aliphatic hydroxyl groups is 1. The molecule has 5 nitrogen and oxygen atoms in total. The van der Waals surface area contributed by atoms with Gasteiger partial charge in [-0.3, -0.25) is 4.79 Å². The summed E-state index contributed by atoms with van der Waals surface area (Å²) in [6, 6.07) is 0. The van der Waals surface area contributed by atoms with Gasteiger partial charge in [-0.05, 0) is 33.2 Å². The normalized spacial score (nSPS) is 21.9. The van der Waals surface area contributed by atoms with E-state index in [-0.39, 0.29) is 18.5 Å². The third-order valence-electron chi connectivity index (χ3n) is 3.02. The van der Waals surface area contributed by atoms with Crippen molar-refractivity contribution in [2.24, 2.45) is 0 Å². The van der Waals surface area contributed by atoms with Gasteiger partial charge in [-0.15, -0.1) is 0 Å². The number of ether oxygens (including phenoxy) is 2. The van der Waals surface area contributed by atoms with E-state index in [0.717, 1.165) is 26.0 Å². The van der Waals surface area contributed by atoms with E-state index in [1.165, 1.54) is 6.42 Å². The molecule has 1 N–H and O–H groups in total. The first-order valence-electron chi connectivity index (χ1n) is 6.75. The average molecular weight is 259 g/mol. The van der Waals surface area contributed by atoms with Crippen LogP contribution in [0.4, 0.5) is 0 Å². The van der Waals surface area contributed by atoms with Gasteiger partial charge in [0.25, 0.3) is 0 Å². The Hall–Kier alpha value is -0.650. The Labute approximate surface area is 109 Å². The van der Waals surface area contributed by atoms with Crippen LogP contribution in [-0.4, -0.2) is 61.5 Å². The van der Waals surface area contributed by atoms with Crippen molar-refractivity contribution in [1.29, 1.82) is 0 Å². The Morgan fingerprint density at radius 1 is 1.56 bits per heavy atom. The second-order valence-electron chi connectivity index (χ2n) is 4.87. The van der Waals surface area contributed by atoms with E-state index in [1.807, 2.05) is 11.9 Å². The molecule has 1 saturated heterocycles. The fourth-order valence-electron chi connectivity index (χ4n) is 2.21. The summed E-state index contributed by atoms with van der Waals surface area (Å²) in [6.45, 7) is 4.23. The summed E-state index contributed by atoms with van der Waals surface area (Å²) in [5.74, 6) is -0.340. The second kappa shape index (κ2) is 8.45. The van der Waals surface area contributed by atoms with E-state index in [4.69, 9.17) is 9.47 Å². The van der Waals surface area contributed by atoms with Crippen LogP contribution in [0.25, 0.3) is 0 Å². The molecular weight excluding hydrogens is 234 g/mol. The molecule has 2 unspecified atom stereocenters. The number of carbonyl (C=O) groups excluding carboxylic acids is 1. The first-order valence-corrected chi connectivity index (χ1v) is 6.75. The van der Waals surface area contributed by atoms with Gasteiger partial charge in [0.15, 0.2) is 0 Å². The molecular formula is C13H25NO4. The van der Waals surface area contributed by atoms with Crippen molar-refractivity contribution in [3.63, 3.8) is 0 Å². The molecule has 0 aromatic rings. The summed E-state index contributed by atoms with van der Waals surface area (Å²) in [5.41, 5.74) is 0. The molecule has 1 fully saturated rings. The van der Waals surface area contributed by atoms with Crippen molar-refractivity contribution >= 4 is 5.97 Å². The number of esters is 1. The van der Waals surface area contributed by atoms with Gasteiger partial charge in [0.2, 0.25) is 0 Å². The molecule has 1 aliphatic rings. The summed E-state index contributed by atoms with van der Waals surface area (Å²) in [7, 11) is 1.94. The van der Waals surface area contributed by atoms with Crippen molar-refractivity contribution in [2.75, 3.05) is 33.4 Å². The summed E-state index contributed by atoms with van der Waals surface area (Å²) in [6.07, 6.45) is 3.09. The molecule has 0 spiro atoms. The average Bonchev–Trinajstić information content (AvgIpc) is 2.29. The number of carbonyl (C=O) groups is 1. The van der Waals surface area contributed by atoms with E-state index < -0.39 is 6.10 Å². The lowest BCUT2D eigenvalue weighted by Crippen LogP contribution is -2.38. The van der Waals surface area contributed by atoms with Crippen LogP contribution < -0.4 is 0 Å². The zero-order chi connectivity index (χ0) is 13.4. The highest BCUT2D eigenvalue weighted by Crippen LogP contribution is 2.13. The van der Waals surface area contributed by atoms with Crippen LogP contribution in [0.3, 0.4) is 0 Å². The maximum Gasteiger partial charge on any atom is 0.308 e. The van der Waals surface area contributed by atoms with Gasteiger partial charge in [-0.2, -0.15) is 0 Å². The number of aliphatic hydroxyl groups excluding tert-OH is 1. The fourth-order valence-corrected chi connectivity index (χ4v) is 2.21.